The van der Waals surface area contributed by atoms with Crippen LogP contribution < -0.4 is 10.0 Å². The highest BCUT2D eigenvalue weighted by Crippen LogP contribution is 2.52. The first kappa shape index (κ1) is 22.1. The number of nitriles is 1. The quantitative estimate of drug-likeness (QED) is 0.547. The van der Waals surface area contributed by atoms with Gasteiger partial charge in [-0.15, -0.1) is 0 Å². The molecule has 0 fully saturated rings. The Morgan fingerprint density at radius 3 is 2.44 bits per heavy atom. The standard InChI is InChI=1S/C26H20ClN3O3S/c1-16-10-12-17(13-11-16)15-30-22-9-5-3-7-19(22)24-25(34(30,31)32)23(20(14-28)26(29)33-24)18-6-2-4-8-21(18)27/h2-13,23H,15,29H2,1H3. The van der Waals surface area contributed by atoms with Gasteiger partial charge in [0.2, 0.25) is 5.88 Å². The normalized spacial score (nSPS) is 18.6. The summed E-state index contributed by atoms with van der Waals surface area (Å²) in [5.41, 5.74) is 9.58. The van der Waals surface area contributed by atoms with Gasteiger partial charge in [0.1, 0.15) is 16.5 Å². The number of hydrogen-bond acceptors (Lipinski definition) is 5. The molecule has 0 saturated carbocycles. The maximum Gasteiger partial charge on any atom is 0.265 e. The van der Waals surface area contributed by atoms with E-state index in [4.69, 9.17) is 22.1 Å². The number of para-hydroxylation sites is 1. The Morgan fingerprint density at radius 1 is 1.06 bits per heavy atom. The van der Waals surface area contributed by atoms with Gasteiger partial charge in [0.25, 0.3) is 10.0 Å². The zero-order valence-corrected chi connectivity index (χ0v) is 19.8. The molecule has 2 aliphatic heterocycles. The second kappa shape index (κ2) is 8.24. The molecule has 2 N–H and O–H groups in total. The Hall–Kier alpha value is -3.73. The average Bonchev–Trinajstić information content (AvgIpc) is 2.82. The largest absolute Gasteiger partial charge is 0.439 e. The van der Waals surface area contributed by atoms with E-state index in [0.717, 1.165) is 11.1 Å². The lowest BCUT2D eigenvalue weighted by atomic mass is 9.88. The number of nitrogens with two attached hydrogens (primary N) is 1. The summed E-state index contributed by atoms with van der Waals surface area (Å²) in [4.78, 5) is -0.0443. The van der Waals surface area contributed by atoms with Crippen molar-refractivity contribution in [2.75, 3.05) is 4.31 Å². The Bertz CT molecular complexity index is 1520. The minimum atomic E-state index is -4.14. The highest BCUT2D eigenvalue weighted by atomic mass is 35.5. The lowest BCUT2D eigenvalue weighted by molar-refractivity contribution is 0.357. The van der Waals surface area contributed by atoms with Gasteiger partial charge in [0.05, 0.1) is 18.2 Å². The number of rotatable bonds is 3. The van der Waals surface area contributed by atoms with E-state index in [1.165, 1.54) is 4.31 Å². The number of allylic oxidation sites excluding steroid dienone is 2. The van der Waals surface area contributed by atoms with E-state index in [2.05, 4.69) is 0 Å². The van der Waals surface area contributed by atoms with Gasteiger partial charge in [-0.1, -0.05) is 71.8 Å². The SMILES string of the molecule is Cc1ccc(CN2c3ccccc3C3=C(C(c4ccccc4Cl)C(C#N)=C(N)O3)S2(=O)=O)cc1. The molecule has 170 valence electrons. The Morgan fingerprint density at radius 2 is 1.74 bits per heavy atom. The van der Waals surface area contributed by atoms with Crippen LogP contribution in [-0.2, 0) is 21.3 Å². The monoisotopic (exact) mass is 489 g/mol. The fourth-order valence-corrected chi connectivity index (χ4v) is 6.51. The second-order valence-corrected chi connectivity index (χ2v) is 10.4. The molecule has 1 atom stereocenters. The first-order valence-corrected chi connectivity index (χ1v) is 12.4. The van der Waals surface area contributed by atoms with Crippen LogP contribution >= 0.6 is 11.6 Å². The number of sulfonamides is 1. The third-order valence-corrected chi connectivity index (χ3v) is 8.25. The molecular weight excluding hydrogens is 470 g/mol. The number of nitrogens with zero attached hydrogens (tertiary/aromatic N) is 2. The molecule has 0 amide bonds. The Labute approximate surface area is 203 Å². The summed E-state index contributed by atoms with van der Waals surface area (Å²) in [6.45, 7) is 2.09. The highest BCUT2D eigenvalue weighted by Gasteiger charge is 2.47. The van der Waals surface area contributed by atoms with Crippen LogP contribution in [-0.4, -0.2) is 8.42 Å². The van der Waals surface area contributed by atoms with Crippen molar-refractivity contribution in [2.24, 2.45) is 5.73 Å². The van der Waals surface area contributed by atoms with E-state index >= 15 is 0 Å². The molecule has 0 radical (unpaired) electrons. The minimum Gasteiger partial charge on any atom is -0.439 e. The third-order valence-electron chi connectivity index (χ3n) is 6.02. The zero-order chi connectivity index (χ0) is 24.0. The van der Waals surface area contributed by atoms with Gasteiger partial charge in [0.15, 0.2) is 5.76 Å². The third kappa shape index (κ3) is 3.43. The van der Waals surface area contributed by atoms with Gasteiger partial charge in [-0.2, -0.15) is 5.26 Å². The van der Waals surface area contributed by atoms with Crippen molar-refractivity contribution in [3.05, 3.63) is 116 Å². The molecule has 0 spiro atoms. The molecule has 2 aliphatic rings. The summed E-state index contributed by atoms with van der Waals surface area (Å²) in [7, 11) is -4.14. The summed E-state index contributed by atoms with van der Waals surface area (Å²) < 4.78 is 35.6. The molecule has 1 unspecified atom stereocenters. The average molecular weight is 490 g/mol. The molecule has 0 saturated heterocycles. The van der Waals surface area contributed by atoms with Crippen molar-refractivity contribution in [3.8, 4) is 6.07 Å². The maximum absolute atomic E-state index is 14.2. The van der Waals surface area contributed by atoms with E-state index in [1.807, 2.05) is 37.3 Å². The van der Waals surface area contributed by atoms with Crippen molar-refractivity contribution >= 4 is 33.1 Å². The molecule has 3 aromatic rings. The molecule has 5 rings (SSSR count). The van der Waals surface area contributed by atoms with Crippen molar-refractivity contribution in [1.29, 1.82) is 5.26 Å². The summed E-state index contributed by atoms with van der Waals surface area (Å²) in [5, 5.41) is 10.3. The Balaban J connectivity index is 1.77. The van der Waals surface area contributed by atoms with E-state index in [1.54, 1.807) is 48.5 Å². The number of hydrogen-bond donors (Lipinski definition) is 1. The predicted molar refractivity (Wildman–Crippen MR) is 132 cm³/mol. The van der Waals surface area contributed by atoms with Gasteiger partial charge >= 0.3 is 0 Å². The zero-order valence-electron chi connectivity index (χ0n) is 18.2. The van der Waals surface area contributed by atoms with E-state index in [9.17, 15) is 13.7 Å². The van der Waals surface area contributed by atoms with E-state index in [-0.39, 0.29) is 28.7 Å². The van der Waals surface area contributed by atoms with Crippen LogP contribution in [0.5, 0.6) is 0 Å². The number of fused-ring (bicyclic) bond motifs is 2. The topological polar surface area (TPSA) is 96.4 Å². The molecule has 8 heteroatoms. The first-order valence-electron chi connectivity index (χ1n) is 10.6. The molecule has 34 heavy (non-hydrogen) atoms. The fourth-order valence-electron chi connectivity index (χ4n) is 4.36. The Kier molecular flexibility index (Phi) is 5.35. The second-order valence-electron chi connectivity index (χ2n) is 8.15. The van der Waals surface area contributed by atoms with Crippen LogP contribution in [0.4, 0.5) is 5.69 Å². The summed E-state index contributed by atoms with van der Waals surface area (Å²) >= 11 is 6.49. The predicted octanol–water partition coefficient (Wildman–Crippen LogP) is 5.17. The van der Waals surface area contributed by atoms with Crippen LogP contribution in [0.25, 0.3) is 5.76 Å². The van der Waals surface area contributed by atoms with Gasteiger partial charge in [0, 0.05) is 10.6 Å². The number of halogens is 1. The van der Waals surface area contributed by atoms with Crippen molar-refractivity contribution < 1.29 is 13.2 Å². The smallest absolute Gasteiger partial charge is 0.265 e. The molecule has 2 heterocycles. The van der Waals surface area contributed by atoms with Crippen LogP contribution in [0.2, 0.25) is 5.02 Å². The molecular formula is C26H20ClN3O3S. The van der Waals surface area contributed by atoms with Gasteiger partial charge in [-0.05, 0) is 36.2 Å². The number of ether oxygens (including phenoxy) is 1. The summed E-state index contributed by atoms with van der Waals surface area (Å²) in [6.07, 6.45) is 0. The molecule has 0 bridgehead atoms. The molecule has 3 aromatic carbocycles. The van der Waals surface area contributed by atoms with Crippen LogP contribution in [0.1, 0.15) is 28.2 Å². The number of benzene rings is 3. The van der Waals surface area contributed by atoms with Gasteiger partial charge < -0.3 is 10.5 Å². The van der Waals surface area contributed by atoms with Crippen molar-refractivity contribution in [3.63, 3.8) is 0 Å². The number of anilines is 1. The molecule has 0 aromatic heterocycles. The van der Waals surface area contributed by atoms with Crippen LogP contribution in [0.15, 0.2) is 89.2 Å². The minimum absolute atomic E-state index is 0.00471. The maximum atomic E-state index is 14.2. The van der Waals surface area contributed by atoms with Gasteiger partial charge in [-0.25, -0.2) is 8.42 Å². The van der Waals surface area contributed by atoms with Crippen molar-refractivity contribution in [2.45, 2.75) is 19.4 Å². The summed E-state index contributed by atoms with van der Waals surface area (Å²) in [5.74, 6) is -1.01. The van der Waals surface area contributed by atoms with Crippen LogP contribution in [0.3, 0.4) is 0 Å². The lowest BCUT2D eigenvalue weighted by Crippen LogP contribution is -2.39. The molecule has 6 nitrogen and oxygen atoms in total. The van der Waals surface area contributed by atoms with E-state index in [0.29, 0.717) is 21.8 Å². The lowest BCUT2D eigenvalue weighted by Gasteiger charge is -2.38. The van der Waals surface area contributed by atoms with Crippen LogP contribution in [0, 0.1) is 18.3 Å². The molecule has 0 aliphatic carbocycles. The first-order chi connectivity index (χ1) is 16.3. The van der Waals surface area contributed by atoms with Crippen molar-refractivity contribution in [1.82, 2.24) is 0 Å². The van der Waals surface area contributed by atoms with Gasteiger partial charge in [-0.3, -0.25) is 4.31 Å². The fraction of sp³-hybridized carbons (Fsp3) is 0.115. The summed E-state index contributed by atoms with van der Waals surface area (Å²) in [6, 6.07) is 23.7. The van der Waals surface area contributed by atoms with E-state index < -0.39 is 15.9 Å². The highest BCUT2D eigenvalue weighted by molar-refractivity contribution is 7.96. The number of aryl methyl sites for hydroxylation is 1.